The van der Waals surface area contributed by atoms with Crippen LogP contribution in [-0.4, -0.2) is 35.1 Å². The van der Waals surface area contributed by atoms with Crippen molar-refractivity contribution in [1.29, 1.82) is 0 Å². The molecule has 3 N–H and O–H groups in total. The first-order valence-corrected chi connectivity index (χ1v) is 3.70. The van der Waals surface area contributed by atoms with Gasteiger partial charge in [0.05, 0.1) is 0 Å². The molecule has 0 atom stereocenters. The number of hydrogen-bond donors (Lipinski definition) is 3. The molecule has 76 valence electrons. The highest BCUT2D eigenvalue weighted by Gasteiger charge is 2.16. The second-order valence-corrected chi connectivity index (χ2v) is 2.83. The Morgan fingerprint density at radius 3 is 2.29 bits per heavy atom. The van der Waals surface area contributed by atoms with Gasteiger partial charge in [0.1, 0.15) is 5.69 Å². The molecule has 0 spiro atoms. The molecule has 0 saturated carbocycles. The summed E-state index contributed by atoms with van der Waals surface area (Å²) < 4.78 is 0. The Bertz CT molecular complexity index is 471. The summed E-state index contributed by atoms with van der Waals surface area (Å²) in [5.74, 6) is -1.35. The Morgan fingerprint density at radius 1 is 1.29 bits per heavy atom. The minimum Gasteiger partial charge on any atom is -0.477 e. The van der Waals surface area contributed by atoms with E-state index in [-0.39, 0.29) is 5.69 Å². The van der Waals surface area contributed by atoms with Crippen LogP contribution in [0.5, 0.6) is 0 Å². The Kier molecular flexibility index (Phi) is 2.41. The van der Waals surface area contributed by atoms with Gasteiger partial charge in [0.2, 0.25) is 0 Å². The Labute approximate surface area is 78.0 Å². The fraction of sp³-hybridized carbons (Fsp3) is 0.286. The number of aromatic amines is 2. The highest BCUT2D eigenvalue weighted by atomic mass is 16.4. The summed E-state index contributed by atoms with van der Waals surface area (Å²) in [5, 5.41) is 8.71. The minimum atomic E-state index is -1.35. The van der Waals surface area contributed by atoms with Gasteiger partial charge in [0.15, 0.2) is 5.69 Å². The summed E-state index contributed by atoms with van der Waals surface area (Å²) in [6.45, 7) is 0. The summed E-state index contributed by atoms with van der Waals surface area (Å²) in [5.41, 5.74) is -2.06. The van der Waals surface area contributed by atoms with Gasteiger partial charge in [-0.1, -0.05) is 0 Å². The number of H-pyrrole nitrogens is 2. The molecule has 0 saturated heterocycles. The van der Waals surface area contributed by atoms with Crippen LogP contribution in [0.1, 0.15) is 10.5 Å². The van der Waals surface area contributed by atoms with E-state index in [1.54, 1.807) is 0 Å². The fourth-order valence-corrected chi connectivity index (χ4v) is 1.06. The van der Waals surface area contributed by atoms with Gasteiger partial charge in [0.25, 0.3) is 5.56 Å². The van der Waals surface area contributed by atoms with Crippen LogP contribution in [0.2, 0.25) is 0 Å². The van der Waals surface area contributed by atoms with Crippen LogP contribution < -0.4 is 16.1 Å². The lowest BCUT2D eigenvalue weighted by Gasteiger charge is -2.12. The van der Waals surface area contributed by atoms with Crippen molar-refractivity contribution in [2.75, 3.05) is 19.0 Å². The van der Waals surface area contributed by atoms with Crippen molar-refractivity contribution in [2.45, 2.75) is 0 Å². The molecular formula is C7H9N3O4. The predicted molar refractivity (Wildman–Crippen MR) is 49.0 cm³/mol. The quantitative estimate of drug-likeness (QED) is 0.556. The largest absolute Gasteiger partial charge is 0.477 e. The first-order valence-electron chi connectivity index (χ1n) is 3.70. The Morgan fingerprint density at radius 2 is 1.86 bits per heavy atom. The molecular weight excluding hydrogens is 190 g/mol. The number of rotatable bonds is 2. The van der Waals surface area contributed by atoms with Gasteiger partial charge < -0.3 is 10.0 Å². The monoisotopic (exact) mass is 199 g/mol. The number of carbonyl (C=O) groups is 1. The van der Waals surface area contributed by atoms with Gasteiger partial charge in [-0.25, -0.2) is 9.59 Å². The van der Waals surface area contributed by atoms with Gasteiger partial charge in [-0.3, -0.25) is 14.8 Å². The number of hydrogen-bond acceptors (Lipinski definition) is 4. The molecule has 0 aliphatic heterocycles. The molecule has 0 fully saturated rings. The smallest absolute Gasteiger partial charge is 0.354 e. The lowest BCUT2D eigenvalue weighted by atomic mass is 10.3. The van der Waals surface area contributed by atoms with E-state index in [9.17, 15) is 14.4 Å². The van der Waals surface area contributed by atoms with Crippen molar-refractivity contribution in [1.82, 2.24) is 9.97 Å². The van der Waals surface area contributed by atoms with Crippen LogP contribution in [-0.2, 0) is 0 Å². The zero-order valence-corrected chi connectivity index (χ0v) is 7.62. The van der Waals surface area contributed by atoms with E-state index in [0.717, 1.165) is 0 Å². The van der Waals surface area contributed by atoms with Crippen molar-refractivity contribution < 1.29 is 9.90 Å². The number of aromatic carboxylic acids is 1. The van der Waals surface area contributed by atoms with Crippen LogP contribution in [0.4, 0.5) is 5.69 Å². The predicted octanol–water partition coefficient (Wildman–Crippen LogP) is -1.17. The summed E-state index contributed by atoms with van der Waals surface area (Å²) in [7, 11) is 3.02. The fourth-order valence-electron chi connectivity index (χ4n) is 1.06. The number of nitrogens with one attached hydrogen (secondary N) is 2. The van der Waals surface area contributed by atoms with E-state index < -0.39 is 22.9 Å². The average molecular weight is 199 g/mol. The molecule has 0 radical (unpaired) electrons. The van der Waals surface area contributed by atoms with Crippen molar-refractivity contribution >= 4 is 11.7 Å². The van der Waals surface area contributed by atoms with Crippen LogP contribution in [0, 0.1) is 0 Å². The van der Waals surface area contributed by atoms with Crippen LogP contribution in [0.3, 0.4) is 0 Å². The molecule has 7 nitrogen and oxygen atoms in total. The van der Waals surface area contributed by atoms with E-state index in [1.165, 1.54) is 19.0 Å². The van der Waals surface area contributed by atoms with Crippen molar-refractivity contribution in [3.05, 3.63) is 26.5 Å². The topological polar surface area (TPSA) is 106 Å². The maximum Gasteiger partial charge on any atom is 0.354 e. The highest BCUT2D eigenvalue weighted by molar-refractivity contribution is 5.91. The van der Waals surface area contributed by atoms with Crippen LogP contribution in [0.15, 0.2) is 9.59 Å². The molecule has 1 aromatic rings. The first-order chi connectivity index (χ1) is 6.43. The highest BCUT2D eigenvalue weighted by Crippen LogP contribution is 2.06. The number of carboxylic acid groups (broad SMARTS) is 1. The maximum atomic E-state index is 11.2. The average Bonchev–Trinajstić information content (AvgIpc) is 2.01. The van der Waals surface area contributed by atoms with E-state index in [4.69, 9.17) is 5.11 Å². The van der Waals surface area contributed by atoms with Gasteiger partial charge in [-0.2, -0.15) is 0 Å². The number of carboxylic acids is 1. The second kappa shape index (κ2) is 3.36. The standard InChI is InChI=1S/C7H9N3O4/c1-10(2)4-3(6(12)13)8-7(14)9-5(4)11/h1-2H3,(H,12,13)(H2,8,9,11,14). The van der Waals surface area contributed by atoms with Crippen molar-refractivity contribution in [3.63, 3.8) is 0 Å². The Hall–Kier alpha value is -2.05. The number of anilines is 1. The summed E-state index contributed by atoms with van der Waals surface area (Å²) >= 11 is 0. The third-order valence-corrected chi connectivity index (χ3v) is 1.58. The number of aromatic nitrogens is 2. The molecule has 1 aromatic heterocycles. The summed E-state index contributed by atoms with van der Waals surface area (Å²) in [6.07, 6.45) is 0. The summed E-state index contributed by atoms with van der Waals surface area (Å²) in [6, 6.07) is 0. The van der Waals surface area contributed by atoms with Gasteiger partial charge in [-0.15, -0.1) is 0 Å². The number of nitrogens with zero attached hydrogens (tertiary/aromatic N) is 1. The zero-order valence-electron chi connectivity index (χ0n) is 7.62. The molecule has 7 heteroatoms. The molecule has 0 aliphatic rings. The van der Waals surface area contributed by atoms with Gasteiger partial charge in [0, 0.05) is 14.1 Å². The molecule has 0 aromatic carbocycles. The second-order valence-electron chi connectivity index (χ2n) is 2.83. The molecule has 1 heterocycles. The SMILES string of the molecule is CN(C)c1c(C(=O)O)[nH]c(=O)[nH]c1=O. The van der Waals surface area contributed by atoms with Crippen molar-refractivity contribution in [3.8, 4) is 0 Å². The normalized spacial score (nSPS) is 9.86. The van der Waals surface area contributed by atoms with Crippen LogP contribution >= 0.6 is 0 Å². The van der Waals surface area contributed by atoms with Crippen molar-refractivity contribution in [2.24, 2.45) is 0 Å². The summed E-state index contributed by atoms with van der Waals surface area (Å²) in [4.78, 5) is 38.0. The molecule has 0 amide bonds. The minimum absolute atomic E-state index is 0.0860. The maximum absolute atomic E-state index is 11.2. The lowest BCUT2D eigenvalue weighted by molar-refractivity contribution is 0.0690. The Balaban J connectivity index is 3.61. The van der Waals surface area contributed by atoms with E-state index in [1.807, 2.05) is 9.97 Å². The van der Waals surface area contributed by atoms with E-state index in [2.05, 4.69) is 0 Å². The van der Waals surface area contributed by atoms with Crippen LogP contribution in [0.25, 0.3) is 0 Å². The molecule has 0 aliphatic carbocycles. The molecule has 14 heavy (non-hydrogen) atoms. The molecule has 0 bridgehead atoms. The molecule has 1 rings (SSSR count). The van der Waals surface area contributed by atoms with Gasteiger partial charge >= 0.3 is 11.7 Å². The van der Waals surface area contributed by atoms with E-state index in [0.29, 0.717) is 0 Å². The lowest BCUT2D eigenvalue weighted by Crippen LogP contribution is -2.32. The molecule has 0 unspecified atom stereocenters. The zero-order chi connectivity index (χ0) is 10.9. The van der Waals surface area contributed by atoms with Gasteiger partial charge in [-0.05, 0) is 0 Å². The first kappa shape index (κ1) is 10.0. The third kappa shape index (κ3) is 1.65. The van der Waals surface area contributed by atoms with E-state index >= 15 is 0 Å². The third-order valence-electron chi connectivity index (χ3n) is 1.58.